The van der Waals surface area contributed by atoms with Crippen molar-refractivity contribution < 1.29 is 4.52 Å². The van der Waals surface area contributed by atoms with Gasteiger partial charge in [-0.15, -0.1) is 0 Å². The van der Waals surface area contributed by atoms with Crippen molar-refractivity contribution >= 4 is 34.3 Å². The molecule has 2 heterocycles. The molecule has 2 aromatic heterocycles. The Balaban J connectivity index is 1.83. The Kier molecular flexibility index (Phi) is 5.69. The highest BCUT2D eigenvalue weighted by Crippen LogP contribution is 2.35. The van der Waals surface area contributed by atoms with Crippen molar-refractivity contribution in [2.75, 3.05) is 0 Å². The number of hydrogen-bond donors (Lipinski definition) is 0. The Morgan fingerprint density at radius 2 is 1.90 bits per heavy atom. The van der Waals surface area contributed by atoms with Gasteiger partial charge in [0.15, 0.2) is 11.0 Å². The van der Waals surface area contributed by atoms with E-state index in [0.717, 1.165) is 12.8 Å². The Labute approximate surface area is 176 Å². The van der Waals surface area contributed by atoms with E-state index in [0.29, 0.717) is 38.5 Å². The smallest absolute Gasteiger partial charge is 0.266 e. The van der Waals surface area contributed by atoms with E-state index in [9.17, 15) is 4.79 Å². The summed E-state index contributed by atoms with van der Waals surface area (Å²) in [5.41, 5.74) is 1.05. The number of aromatic nitrogens is 4. The molecular formula is C21H19ClN4O2S. The van der Waals surface area contributed by atoms with Gasteiger partial charge in [-0.3, -0.25) is 9.36 Å². The van der Waals surface area contributed by atoms with Crippen LogP contribution in [0.2, 0.25) is 5.02 Å². The van der Waals surface area contributed by atoms with Crippen molar-refractivity contribution in [1.29, 1.82) is 0 Å². The third-order valence-corrected chi connectivity index (χ3v) is 5.79. The molecule has 0 saturated heterocycles. The van der Waals surface area contributed by atoms with Crippen LogP contribution in [0.25, 0.3) is 16.6 Å². The lowest BCUT2D eigenvalue weighted by Crippen LogP contribution is -2.22. The summed E-state index contributed by atoms with van der Waals surface area (Å²) >= 11 is 7.79. The van der Waals surface area contributed by atoms with Crippen LogP contribution in [0.4, 0.5) is 0 Å². The summed E-state index contributed by atoms with van der Waals surface area (Å²) in [6.07, 6.45) is 1.71. The minimum Gasteiger partial charge on any atom is -0.338 e. The first kappa shape index (κ1) is 19.7. The molecule has 6 nitrogen and oxygen atoms in total. The summed E-state index contributed by atoms with van der Waals surface area (Å²) in [6, 6.07) is 14.5. The molecule has 0 radical (unpaired) electrons. The highest BCUT2D eigenvalue weighted by Gasteiger charge is 2.21. The summed E-state index contributed by atoms with van der Waals surface area (Å²) in [5.74, 6) is 1.19. The number of thioether (sulfide) groups is 1. The van der Waals surface area contributed by atoms with Crippen molar-refractivity contribution in [3.8, 4) is 5.69 Å². The molecule has 0 saturated carbocycles. The number of hydrogen-bond acceptors (Lipinski definition) is 6. The number of halogens is 1. The lowest BCUT2D eigenvalue weighted by molar-refractivity contribution is 0.374. The fourth-order valence-corrected chi connectivity index (χ4v) is 4.17. The van der Waals surface area contributed by atoms with E-state index < -0.39 is 0 Å². The van der Waals surface area contributed by atoms with Crippen LogP contribution in [0.1, 0.15) is 37.2 Å². The molecule has 0 aliphatic rings. The molecule has 4 rings (SSSR count). The van der Waals surface area contributed by atoms with Crippen LogP contribution >= 0.6 is 23.4 Å². The molecule has 29 heavy (non-hydrogen) atoms. The SMILES string of the molecule is CCCc1noc(C(C)Sc2nc3ccccc3c(=O)n2-c2ccccc2Cl)n1. The maximum absolute atomic E-state index is 13.3. The normalized spacial score (nSPS) is 12.4. The standard InChI is InChI=1S/C21H19ClN4O2S/c1-3-8-18-24-19(28-25-18)13(2)29-21-23-16-11-6-4-9-14(16)20(27)26(21)17-12-7-5-10-15(17)22/h4-7,9-13H,3,8H2,1-2H3. The molecule has 148 valence electrons. The first-order valence-electron chi connectivity index (χ1n) is 9.34. The molecule has 0 aliphatic carbocycles. The molecule has 4 aromatic rings. The fourth-order valence-electron chi connectivity index (χ4n) is 3.00. The third kappa shape index (κ3) is 3.93. The number of benzene rings is 2. The summed E-state index contributed by atoms with van der Waals surface area (Å²) < 4.78 is 6.97. The number of rotatable bonds is 6. The second-order valence-corrected chi connectivity index (χ2v) is 8.28. The second kappa shape index (κ2) is 8.39. The summed E-state index contributed by atoms with van der Waals surface area (Å²) in [7, 11) is 0. The zero-order chi connectivity index (χ0) is 20.4. The molecule has 2 aromatic carbocycles. The van der Waals surface area contributed by atoms with Gasteiger partial charge >= 0.3 is 0 Å². The summed E-state index contributed by atoms with van der Waals surface area (Å²) in [5, 5.41) is 5.36. The van der Waals surface area contributed by atoms with E-state index in [1.807, 2.05) is 37.3 Å². The average Bonchev–Trinajstić information content (AvgIpc) is 3.18. The first-order chi connectivity index (χ1) is 14.1. The van der Waals surface area contributed by atoms with E-state index in [4.69, 9.17) is 21.1 Å². The van der Waals surface area contributed by atoms with Crippen molar-refractivity contribution in [3.05, 3.63) is 75.6 Å². The van der Waals surface area contributed by atoms with Gasteiger partial charge in [0, 0.05) is 6.42 Å². The van der Waals surface area contributed by atoms with Crippen LogP contribution < -0.4 is 5.56 Å². The largest absolute Gasteiger partial charge is 0.338 e. The van der Waals surface area contributed by atoms with Crippen LogP contribution in [-0.2, 0) is 6.42 Å². The van der Waals surface area contributed by atoms with Gasteiger partial charge in [0.05, 0.1) is 26.9 Å². The van der Waals surface area contributed by atoms with Crippen molar-refractivity contribution in [1.82, 2.24) is 19.7 Å². The van der Waals surface area contributed by atoms with Crippen molar-refractivity contribution in [2.24, 2.45) is 0 Å². The zero-order valence-corrected chi connectivity index (χ0v) is 17.6. The van der Waals surface area contributed by atoms with Crippen LogP contribution in [-0.4, -0.2) is 19.7 Å². The van der Waals surface area contributed by atoms with Gasteiger partial charge in [0.2, 0.25) is 5.89 Å². The van der Waals surface area contributed by atoms with Gasteiger partial charge < -0.3 is 4.52 Å². The molecule has 8 heteroatoms. The average molecular weight is 427 g/mol. The monoisotopic (exact) mass is 426 g/mol. The van der Waals surface area contributed by atoms with Gasteiger partial charge in [0.1, 0.15) is 0 Å². The third-order valence-electron chi connectivity index (χ3n) is 4.43. The fraction of sp³-hybridized carbons (Fsp3) is 0.238. The minimum atomic E-state index is -0.185. The highest BCUT2D eigenvalue weighted by molar-refractivity contribution is 7.99. The predicted octanol–water partition coefficient (Wildman–Crippen LogP) is 5.23. The van der Waals surface area contributed by atoms with E-state index in [1.54, 1.807) is 22.8 Å². The Bertz CT molecular complexity index is 1220. The second-order valence-electron chi connectivity index (χ2n) is 6.56. The van der Waals surface area contributed by atoms with E-state index in [-0.39, 0.29) is 10.8 Å². The Hall–Kier alpha value is -2.64. The van der Waals surface area contributed by atoms with E-state index in [1.165, 1.54) is 11.8 Å². The lowest BCUT2D eigenvalue weighted by Gasteiger charge is -2.15. The molecule has 0 spiro atoms. The molecular weight excluding hydrogens is 408 g/mol. The molecule has 0 amide bonds. The summed E-state index contributed by atoms with van der Waals surface area (Å²) in [6.45, 7) is 4.02. The topological polar surface area (TPSA) is 73.8 Å². The van der Waals surface area contributed by atoms with Gasteiger partial charge in [-0.2, -0.15) is 4.98 Å². The Morgan fingerprint density at radius 3 is 2.69 bits per heavy atom. The van der Waals surface area contributed by atoms with Gasteiger partial charge in [-0.25, -0.2) is 4.98 Å². The number of aryl methyl sites for hydroxylation is 1. The molecule has 0 bridgehead atoms. The maximum Gasteiger partial charge on any atom is 0.266 e. The predicted molar refractivity (Wildman–Crippen MR) is 115 cm³/mol. The quantitative estimate of drug-likeness (QED) is 0.310. The molecule has 1 unspecified atom stereocenters. The molecule has 1 atom stereocenters. The number of nitrogens with zero attached hydrogens (tertiary/aromatic N) is 4. The molecule has 0 fully saturated rings. The number of fused-ring (bicyclic) bond motifs is 1. The van der Waals surface area contributed by atoms with Gasteiger partial charge in [0.25, 0.3) is 5.56 Å². The van der Waals surface area contributed by atoms with Gasteiger partial charge in [-0.1, -0.05) is 59.7 Å². The van der Waals surface area contributed by atoms with Crippen LogP contribution in [0, 0.1) is 0 Å². The van der Waals surface area contributed by atoms with Crippen LogP contribution in [0.5, 0.6) is 0 Å². The van der Waals surface area contributed by atoms with Crippen molar-refractivity contribution in [3.63, 3.8) is 0 Å². The highest BCUT2D eigenvalue weighted by atomic mass is 35.5. The minimum absolute atomic E-state index is 0.171. The van der Waals surface area contributed by atoms with Crippen molar-refractivity contribution in [2.45, 2.75) is 37.1 Å². The van der Waals surface area contributed by atoms with Crippen LogP contribution in [0.3, 0.4) is 0 Å². The molecule has 0 N–H and O–H groups in total. The first-order valence-corrected chi connectivity index (χ1v) is 10.6. The summed E-state index contributed by atoms with van der Waals surface area (Å²) in [4.78, 5) is 22.5. The zero-order valence-electron chi connectivity index (χ0n) is 16.0. The maximum atomic E-state index is 13.3. The molecule has 0 aliphatic heterocycles. The van der Waals surface area contributed by atoms with Gasteiger partial charge in [-0.05, 0) is 37.6 Å². The van der Waals surface area contributed by atoms with E-state index >= 15 is 0 Å². The number of para-hydroxylation sites is 2. The van der Waals surface area contributed by atoms with Crippen LogP contribution in [0.15, 0.2) is 63.0 Å². The van der Waals surface area contributed by atoms with E-state index in [2.05, 4.69) is 17.1 Å². The lowest BCUT2D eigenvalue weighted by atomic mass is 10.2. The Morgan fingerprint density at radius 1 is 1.14 bits per heavy atom.